The molecule has 6 nitrogen and oxygen atoms in total. The molecule has 176 valence electrons. The molecule has 2 aromatic carbocycles. The van der Waals surface area contributed by atoms with E-state index in [1.807, 2.05) is 56.4 Å². The van der Waals surface area contributed by atoms with Crippen molar-refractivity contribution in [1.82, 2.24) is 14.7 Å². The van der Waals surface area contributed by atoms with E-state index < -0.39 is 6.10 Å². The van der Waals surface area contributed by atoms with Crippen molar-refractivity contribution in [3.63, 3.8) is 0 Å². The van der Waals surface area contributed by atoms with Crippen LogP contribution in [0.3, 0.4) is 0 Å². The molecule has 0 bridgehead atoms. The van der Waals surface area contributed by atoms with Crippen molar-refractivity contribution >= 4 is 0 Å². The van der Waals surface area contributed by atoms with Gasteiger partial charge in [0.2, 0.25) is 5.88 Å². The van der Waals surface area contributed by atoms with Crippen LogP contribution >= 0.6 is 0 Å². The first-order valence-corrected chi connectivity index (χ1v) is 11.4. The number of aromatic nitrogens is 2. The van der Waals surface area contributed by atoms with Crippen LogP contribution in [0.5, 0.6) is 11.6 Å². The Morgan fingerprint density at radius 1 is 1.15 bits per heavy atom. The van der Waals surface area contributed by atoms with Gasteiger partial charge in [-0.25, -0.2) is 4.68 Å². The molecular formula is C27H35N3O3. The summed E-state index contributed by atoms with van der Waals surface area (Å²) in [6.45, 7) is 11.7. The van der Waals surface area contributed by atoms with Crippen LogP contribution in [0.25, 0.3) is 11.3 Å². The maximum Gasteiger partial charge on any atom is 0.222 e. The summed E-state index contributed by atoms with van der Waals surface area (Å²) < 4.78 is 13.6. The van der Waals surface area contributed by atoms with Crippen molar-refractivity contribution in [3.8, 4) is 22.9 Å². The van der Waals surface area contributed by atoms with E-state index in [4.69, 9.17) is 14.6 Å². The molecule has 0 spiro atoms. The molecule has 0 fully saturated rings. The van der Waals surface area contributed by atoms with Gasteiger partial charge < -0.3 is 14.6 Å². The normalized spacial score (nSPS) is 12.3. The zero-order valence-corrected chi connectivity index (χ0v) is 20.1. The number of hydrogen-bond acceptors (Lipinski definition) is 5. The Labute approximate surface area is 197 Å². The molecule has 0 aliphatic heterocycles. The number of ether oxygens (including phenoxy) is 2. The van der Waals surface area contributed by atoms with Gasteiger partial charge in [-0.05, 0) is 38.5 Å². The number of benzene rings is 2. The molecule has 3 rings (SSSR count). The van der Waals surface area contributed by atoms with E-state index >= 15 is 0 Å². The molecular weight excluding hydrogens is 414 g/mol. The van der Waals surface area contributed by atoms with E-state index in [2.05, 4.69) is 37.5 Å². The molecule has 0 amide bonds. The molecule has 1 heterocycles. The molecule has 0 aliphatic rings. The van der Waals surface area contributed by atoms with Gasteiger partial charge in [-0.3, -0.25) is 4.90 Å². The molecule has 1 unspecified atom stereocenters. The standard InChI is InChI=1S/C27H35N3O3/c1-6-15-32-19-23(31)17-30(20(2)3)18-25-26(22-12-8-7-9-13-22)28-29(5)27(25)33-24-14-10-11-21(4)16-24/h6-14,16,20,23,31H,1,15,17-19H2,2-5H3. The van der Waals surface area contributed by atoms with E-state index in [-0.39, 0.29) is 12.6 Å². The number of hydrogen-bond donors (Lipinski definition) is 1. The molecule has 0 aliphatic carbocycles. The molecule has 33 heavy (non-hydrogen) atoms. The van der Waals surface area contributed by atoms with Gasteiger partial charge in [0, 0.05) is 31.7 Å². The monoisotopic (exact) mass is 449 g/mol. The summed E-state index contributed by atoms with van der Waals surface area (Å²) in [6.07, 6.45) is 1.08. The van der Waals surface area contributed by atoms with Gasteiger partial charge in [0.05, 0.1) is 24.9 Å². The average Bonchev–Trinajstić information content (AvgIpc) is 3.09. The SMILES string of the molecule is C=CCOCC(O)CN(Cc1c(-c2ccccc2)nn(C)c1Oc1cccc(C)c1)C(C)C. The Balaban J connectivity index is 1.95. The molecule has 1 aromatic heterocycles. The largest absolute Gasteiger partial charge is 0.439 e. The third kappa shape index (κ3) is 6.78. The van der Waals surface area contributed by atoms with Crippen LogP contribution in [0, 0.1) is 6.92 Å². The highest BCUT2D eigenvalue weighted by molar-refractivity contribution is 5.65. The summed E-state index contributed by atoms with van der Waals surface area (Å²) in [5, 5.41) is 15.4. The number of nitrogens with zero attached hydrogens (tertiary/aromatic N) is 3. The summed E-state index contributed by atoms with van der Waals surface area (Å²) in [6, 6.07) is 18.3. The molecule has 1 atom stereocenters. The second kappa shape index (κ2) is 11.8. The molecule has 0 saturated heterocycles. The maximum absolute atomic E-state index is 10.5. The fraction of sp³-hybridized carbons (Fsp3) is 0.370. The average molecular weight is 450 g/mol. The van der Waals surface area contributed by atoms with Gasteiger partial charge >= 0.3 is 0 Å². The Hall–Kier alpha value is -2.93. The molecule has 1 N–H and O–H groups in total. The van der Waals surface area contributed by atoms with Gasteiger partial charge in [-0.2, -0.15) is 5.10 Å². The first-order chi connectivity index (χ1) is 15.9. The van der Waals surface area contributed by atoms with Crippen LogP contribution < -0.4 is 4.74 Å². The van der Waals surface area contributed by atoms with E-state index in [9.17, 15) is 5.11 Å². The highest BCUT2D eigenvalue weighted by Gasteiger charge is 2.24. The fourth-order valence-electron chi connectivity index (χ4n) is 3.71. The highest BCUT2D eigenvalue weighted by atomic mass is 16.5. The molecule has 0 radical (unpaired) electrons. The quantitative estimate of drug-likeness (QED) is 0.313. The number of aliphatic hydroxyl groups excluding tert-OH is 1. The van der Waals surface area contributed by atoms with E-state index in [0.29, 0.717) is 25.6 Å². The van der Waals surface area contributed by atoms with Crippen LogP contribution in [0.4, 0.5) is 0 Å². The second-order valence-corrected chi connectivity index (χ2v) is 8.54. The van der Waals surface area contributed by atoms with Gasteiger partial charge in [0.15, 0.2) is 0 Å². The van der Waals surface area contributed by atoms with Crippen molar-refractivity contribution < 1.29 is 14.6 Å². The Morgan fingerprint density at radius 3 is 2.58 bits per heavy atom. The van der Waals surface area contributed by atoms with Crippen molar-refractivity contribution in [2.45, 2.75) is 39.5 Å². The fourth-order valence-corrected chi connectivity index (χ4v) is 3.71. The van der Waals surface area contributed by atoms with Crippen LogP contribution in [-0.2, 0) is 18.3 Å². The zero-order valence-electron chi connectivity index (χ0n) is 20.1. The third-order valence-electron chi connectivity index (χ3n) is 5.42. The number of rotatable bonds is 12. The summed E-state index contributed by atoms with van der Waals surface area (Å²) in [5.74, 6) is 1.47. The van der Waals surface area contributed by atoms with Gasteiger partial charge in [0.25, 0.3) is 0 Å². The zero-order chi connectivity index (χ0) is 23.8. The van der Waals surface area contributed by atoms with Gasteiger partial charge in [-0.15, -0.1) is 6.58 Å². The van der Waals surface area contributed by atoms with Gasteiger partial charge in [0.1, 0.15) is 11.4 Å². The summed E-state index contributed by atoms with van der Waals surface area (Å²) in [4.78, 5) is 2.22. The Kier molecular flexibility index (Phi) is 8.83. The lowest BCUT2D eigenvalue weighted by atomic mass is 10.1. The lowest BCUT2D eigenvalue weighted by Gasteiger charge is -2.29. The van der Waals surface area contributed by atoms with Crippen molar-refractivity contribution in [1.29, 1.82) is 0 Å². The minimum atomic E-state index is -0.606. The lowest BCUT2D eigenvalue weighted by Crippen LogP contribution is -2.39. The lowest BCUT2D eigenvalue weighted by molar-refractivity contribution is 0.0177. The van der Waals surface area contributed by atoms with Crippen LogP contribution in [0.15, 0.2) is 67.3 Å². The van der Waals surface area contributed by atoms with Crippen LogP contribution in [0.2, 0.25) is 0 Å². The molecule has 0 saturated carbocycles. The second-order valence-electron chi connectivity index (χ2n) is 8.54. The van der Waals surface area contributed by atoms with Crippen LogP contribution in [-0.4, -0.2) is 51.7 Å². The summed E-state index contributed by atoms with van der Waals surface area (Å²) >= 11 is 0. The third-order valence-corrected chi connectivity index (χ3v) is 5.42. The predicted octanol–water partition coefficient (Wildman–Crippen LogP) is 4.96. The molecule has 3 aromatic rings. The number of aryl methyl sites for hydroxylation is 2. The summed E-state index contributed by atoms with van der Waals surface area (Å²) in [7, 11) is 1.90. The van der Waals surface area contributed by atoms with Crippen molar-refractivity contribution in [2.75, 3.05) is 19.8 Å². The topological polar surface area (TPSA) is 59.8 Å². The minimum Gasteiger partial charge on any atom is -0.439 e. The van der Waals surface area contributed by atoms with Gasteiger partial charge in [-0.1, -0.05) is 48.5 Å². The Bertz CT molecular complexity index is 1030. The number of aliphatic hydroxyl groups is 1. The smallest absolute Gasteiger partial charge is 0.222 e. The maximum atomic E-state index is 10.5. The summed E-state index contributed by atoms with van der Waals surface area (Å²) in [5.41, 5.74) is 4.02. The minimum absolute atomic E-state index is 0.203. The Morgan fingerprint density at radius 2 is 1.91 bits per heavy atom. The predicted molar refractivity (Wildman–Crippen MR) is 132 cm³/mol. The van der Waals surface area contributed by atoms with E-state index in [1.54, 1.807) is 10.8 Å². The van der Waals surface area contributed by atoms with E-state index in [1.165, 1.54) is 0 Å². The van der Waals surface area contributed by atoms with E-state index in [0.717, 1.165) is 28.1 Å². The van der Waals surface area contributed by atoms with Crippen LogP contribution in [0.1, 0.15) is 25.0 Å². The van der Waals surface area contributed by atoms with Crippen molar-refractivity contribution in [2.24, 2.45) is 7.05 Å². The highest BCUT2D eigenvalue weighted by Crippen LogP contribution is 2.34. The van der Waals surface area contributed by atoms with Crippen molar-refractivity contribution in [3.05, 3.63) is 78.4 Å². The first kappa shape index (κ1) is 24.7. The molecule has 6 heteroatoms. The first-order valence-electron chi connectivity index (χ1n) is 11.4.